The summed E-state index contributed by atoms with van der Waals surface area (Å²) in [7, 11) is -3.82. The second kappa shape index (κ2) is 14.3. The third-order valence-electron chi connectivity index (χ3n) is 6.50. The first-order valence-electron chi connectivity index (χ1n) is 13.0. The first kappa shape index (κ1) is 30.4. The van der Waals surface area contributed by atoms with Crippen LogP contribution in [0.15, 0.2) is 83.3 Å². The Morgan fingerprint density at radius 2 is 1.59 bits per heavy atom. The highest BCUT2D eigenvalue weighted by Gasteiger charge is 2.33. The van der Waals surface area contributed by atoms with E-state index in [0.717, 1.165) is 40.1 Å². The fraction of sp³-hybridized carbons (Fsp3) is 0.333. The van der Waals surface area contributed by atoms with Gasteiger partial charge in [0.15, 0.2) is 0 Å². The zero-order valence-electron chi connectivity index (χ0n) is 22.6. The number of anilines is 1. The van der Waals surface area contributed by atoms with Crippen LogP contribution in [-0.2, 0) is 32.6 Å². The van der Waals surface area contributed by atoms with Crippen LogP contribution in [0.3, 0.4) is 0 Å². The Hall–Kier alpha value is -3.17. The van der Waals surface area contributed by atoms with Crippen molar-refractivity contribution < 1.29 is 18.0 Å². The SMILES string of the molecule is CCCCNC(=O)C(Cc1ccccc1)N(Cc1ccccc1C)C(=O)CN(c1ccccc1Br)S(C)(=O)=O. The van der Waals surface area contributed by atoms with Crippen molar-refractivity contribution in [3.05, 3.63) is 100 Å². The third kappa shape index (κ3) is 8.66. The summed E-state index contributed by atoms with van der Waals surface area (Å²) in [6, 6.07) is 23.2. The third-order valence-corrected chi connectivity index (χ3v) is 8.30. The lowest BCUT2D eigenvalue weighted by molar-refractivity contribution is -0.140. The molecule has 0 fully saturated rings. The van der Waals surface area contributed by atoms with E-state index >= 15 is 0 Å². The van der Waals surface area contributed by atoms with Crippen molar-refractivity contribution in [3.63, 3.8) is 0 Å². The van der Waals surface area contributed by atoms with Crippen LogP contribution in [0.1, 0.15) is 36.5 Å². The van der Waals surface area contributed by atoms with E-state index in [1.165, 1.54) is 4.90 Å². The van der Waals surface area contributed by atoms with Gasteiger partial charge in [0, 0.05) is 24.0 Å². The standard InChI is InChI=1S/C30H36BrN3O4S/c1-4-5-19-32-30(36)28(20-24-14-7-6-8-15-24)33(21-25-16-10-9-13-23(25)2)29(35)22-34(39(3,37)38)27-18-12-11-17-26(27)31/h6-18,28H,4-5,19-22H2,1-3H3,(H,32,36). The van der Waals surface area contributed by atoms with Crippen molar-refractivity contribution in [2.45, 2.75) is 45.7 Å². The van der Waals surface area contributed by atoms with E-state index in [1.54, 1.807) is 24.3 Å². The zero-order chi connectivity index (χ0) is 28.4. The molecule has 0 bridgehead atoms. The average molecular weight is 615 g/mol. The Balaban J connectivity index is 2.05. The van der Waals surface area contributed by atoms with E-state index in [2.05, 4.69) is 21.2 Å². The van der Waals surface area contributed by atoms with Crippen molar-refractivity contribution in [2.75, 3.05) is 23.7 Å². The molecule has 1 unspecified atom stereocenters. The summed E-state index contributed by atoms with van der Waals surface area (Å²) in [6.07, 6.45) is 3.11. The molecule has 7 nitrogen and oxygen atoms in total. The molecule has 3 aromatic rings. The maximum Gasteiger partial charge on any atom is 0.244 e. The van der Waals surface area contributed by atoms with Gasteiger partial charge in [-0.15, -0.1) is 0 Å². The molecule has 1 atom stereocenters. The van der Waals surface area contributed by atoms with E-state index in [1.807, 2.05) is 68.4 Å². The lowest BCUT2D eigenvalue weighted by Crippen LogP contribution is -2.53. The number of unbranched alkanes of at least 4 members (excludes halogenated alkanes) is 1. The summed E-state index contributed by atoms with van der Waals surface area (Å²) < 4.78 is 27.4. The molecule has 0 heterocycles. The first-order valence-corrected chi connectivity index (χ1v) is 15.6. The Labute approximate surface area is 240 Å². The van der Waals surface area contributed by atoms with Crippen molar-refractivity contribution >= 4 is 43.5 Å². The summed E-state index contributed by atoms with van der Waals surface area (Å²) >= 11 is 3.42. The minimum Gasteiger partial charge on any atom is -0.354 e. The van der Waals surface area contributed by atoms with Crippen LogP contribution in [0, 0.1) is 6.92 Å². The van der Waals surface area contributed by atoms with Crippen LogP contribution in [0.5, 0.6) is 0 Å². The van der Waals surface area contributed by atoms with Crippen molar-refractivity contribution in [2.24, 2.45) is 0 Å². The number of hydrogen-bond donors (Lipinski definition) is 1. The number of halogens is 1. The highest BCUT2D eigenvalue weighted by molar-refractivity contribution is 9.10. The number of sulfonamides is 1. The van der Waals surface area contributed by atoms with Crippen LogP contribution in [-0.4, -0.2) is 50.5 Å². The summed E-state index contributed by atoms with van der Waals surface area (Å²) in [5.41, 5.74) is 3.13. The van der Waals surface area contributed by atoms with Gasteiger partial charge in [0.25, 0.3) is 0 Å². The highest BCUT2D eigenvalue weighted by Crippen LogP contribution is 2.28. The smallest absolute Gasteiger partial charge is 0.244 e. The summed E-state index contributed by atoms with van der Waals surface area (Å²) in [5, 5.41) is 2.99. The van der Waals surface area contributed by atoms with E-state index in [-0.39, 0.29) is 12.5 Å². The van der Waals surface area contributed by atoms with Gasteiger partial charge in [0.2, 0.25) is 21.8 Å². The molecule has 208 valence electrons. The van der Waals surface area contributed by atoms with Gasteiger partial charge in [-0.3, -0.25) is 13.9 Å². The molecular weight excluding hydrogens is 578 g/mol. The molecule has 0 radical (unpaired) electrons. The fourth-order valence-corrected chi connectivity index (χ4v) is 5.76. The monoisotopic (exact) mass is 613 g/mol. The number of rotatable bonds is 13. The Morgan fingerprint density at radius 1 is 0.949 bits per heavy atom. The molecule has 0 aliphatic rings. The second-order valence-electron chi connectivity index (χ2n) is 9.52. The molecule has 1 N–H and O–H groups in total. The van der Waals surface area contributed by atoms with Gasteiger partial charge in [-0.1, -0.05) is 80.1 Å². The largest absolute Gasteiger partial charge is 0.354 e. The summed E-state index contributed by atoms with van der Waals surface area (Å²) in [4.78, 5) is 29.2. The minimum atomic E-state index is -3.82. The number of para-hydroxylation sites is 1. The lowest BCUT2D eigenvalue weighted by Gasteiger charge is -2.34. The maximum absolute atomic E-state index is 14.1. The maximum atomic E-state index is 14.1. The molecule has 0 aromatic heterocycles. The number of benzene rings is 3. The molecule has 0 aliphatic heterocycles. The molecule has 3 rings (SSSR count). The predicted molar refractivity (Wildman–Crippen MR) is 160 cm³/mol. The van der Waals surface area contributed by atoms with Gasteiger partial charge in [-0.2, -0.15) is 0 Å². The highest BCUT2D eigenvalue weighted by atomic mass is 79.9. The topological polar surface area (TPSA) is 86.8 Å². The quantitative estimate of drug-likeness (QED) is 0.272. The van der Waals surface area contributed by atoms with Gasteiger partial charge < -0.3 is 10.2 Å². The second-order valence-corrected chi connectivity index (χ2v) is 12.3. The lowest BCUT2D eigenvalue weighted by atomic mass is 10.0. The Kier molecular flexibility index (Phi) is 11.1. The van der Waals surface area contributed by atoms with Crippen molar-refractivity contribution in [1.82, 2.24) is 10.2 Å². The normalized spacial score (nSPS) is 12.0. The van der Waals surface area contributed by atoms with Gasteiger partial charge >= 0.3 is 0 Å². The van der Waals surface area contributed by atoms with E-state index < -0.39 is 28.5 Å². The van der Waals surface area contributed by atoms with Crippen LogP contribution in [0.4, 0.5) is 5.69 Å². The first-order chi connectivity index (χ1) is 18.6. The molecule has 39 heavy (non-hydrogen) atoms. The number of carbonyl (C=O) groups is 2. The Bertz CT molecular complexity index is 1370. The summed E-state index contributed by atoms with van der Waals surface area (Å²) in [6.45, 7) is 4.22. The molecule has 0 saturated carbocycles. The number of nitrogens with zero attached hydrogens (tertiary/aromatic N) is 2. The van der Waals surface area contributed by atoms with Gasteiger partial charge in [0.1, 0.15) is 12.6 Å². The molecule has 0 aliphatic carbocycles. The Morgan fingerprint density at radius 3 is 2.23 bits per heavy atom. The van der Waals surface area contributed by atoms with Crippen LogP contribution in [0.2, 0.25) is 0 Å². The van der Waals surface area contributed by atoms with E-state index in [4.69, 9.17) is 0 Å². The van der Waals surface area contributed by atoms with Gasteiger partial charge in [-0.25, -0.2) is 8.42 Å². The van der Waals surface area contributed by atoms with Crippen LogP contribution in [0.25, 0.3) is 0 Å². The van der Waals surface area contributed by atoms with Crippen LogP contribution < -0.4 is 9.62 Å². The van der Waals surface area contributed by atoms with E-state index in [0.29, 0.717) is 23.1 Å². The van der Waals surface area contributed by atoms with Crippen LogP contribution >= 0.6 is 15.9 Å². The van der Waals surface area contributed by atoms with Gasteiger partial charge in [0.05, 0.1) is 11.9 Å². The number of nitrogens with one attached hydrogen (secondary N) is 1. The average Bonchev–Trinajstić information content (AvgIpc) is 2.90. The van der Waals surface area contributed by atoms with E-state index in [9.17, 15) is 18.0 Å². The number of aryl methyl sites for hydroxylation is 1. The summed E-state index contributed by atoms with van der Waals surface area (Å²) in [5.74, 6) is -0.730. The number of amides is 2. The molecular formula is C30H36BrN3O4S. The van der Waals surface area contributed by atoms with Crippen molar-refractivity contribution in [3.8, 4) is 0 Å². The zero-order valence-corrected chi connectivity index (χ0v) is 25.0. The predicted octanol–water partition coefficient (Wildman–Crippen LogP) is 5.08. The molecule has 2 amide bonds. The number of hydrogen-bond acceptors (Lipinski definition) is 4. The minimum absolute atomic E-state index is 0.164. The van der Waals surface area contributed by atoms with Gasteiger partial charge in [-0.05, 0) is 58.1 Å². The number of carbonyl (C=O) groups excluding carboxylic acids is 2. The molecule has 0 saturated heterocycles. The fourth-order valence-electron chi connectivity index (χ4n) is 4.28. The molecule has 3 aromatic carbocycles. The van der Waals surface area contributed by atoms with Crippen molar-refractivity contribution in [1.29, 1.82) is 0 Å². The molecule has 0 spiro atoms. The molecule has 9 heteroatoms.